The molecule has 150 valence electrons. The van der Waals surface area contributed by atoms with E-state index < -0.39 is 21.4 Å². The quantitative estimate of drug-likeness (QED) is 0.478. The molecule has 0 aliphatic carbocycles. The van der Waals surface area contributed by atoms with E-state index in [9.17, 15) is 13.0 Å². The van der Waals surface area contributed by atoms with Crippen LogP contribution < -0.4 is 0 Å². The number of nitrogens with one attached hydrogen (secondary N) is 1. The Morgan fingerprint density at radius 1 is 1.10 bits per heavy atom. The van der Waals surface area contributed by atoms with Gasteiger partial charge in [0.1, 0.15) is 11.6 Å². The van der Waals surface area contributed by atoms with Gasteiger partial charge >= 0.3 is 0 Å². The fraction of sp³-hybridized carbons (Fsp3) is 0.238. The second-order valence-electron chi connectivity index (χ2n) is 7.60. The molecule has 0 bridgehead atoms. The first-order valence-corrected chi connectivity index (χ1v) is 11.4. The normalized spacial score (nSPS) is 12.2. The fourth-order valence-corrected chi connectivity index (χ4v) is 3.98. The third-order valence-corrected chi connectivity index (χ3v) is 5.24. The van der Waals surface area contributed by atoms with Crippen LogP contribution in [0.4, 0.5) is 14.6 Å². The summed E-state index contributed by atoms with van der Waals surface area (Å²) in [4.78, 5) is 4.68. The summed E-state index contributed by atoms with van der Waals surface area (Å²) < 4.78 is 45.1. The van der Waals surface area contributed by atoms with Crippen molar-refractivity contribution in [3.8, 4) is 11.1 Å². The number of hydrogen-bond acceptors (Lipinski definition) is 4. The topological polar surface area (TPSA) is 71.0 Å². The molecule has 0 fully saturated rings. The Hall–Kier alpha value is -2.87. The molecule has 2 aromatic carbocycles. The number of aromatic nitrogens is 3. The highest BCUT2D eigenvalue weighted by atomic mass is 32.2. The molecule has 2 aromatic heterocycles. The Morgan fingerprint density at radius 3 is 2.52 bits per heavy atom. The molecule has 0 unspecified atom stereocenters. The SMILES string of the molecule is CC(C)c1nc(N=S(C)(C)=O)c2cc3[nH]ncc3cc2c1-c1ccc(F)cc1F. The van der Waals surface area contributed by atoms with Crippen LogP contribution in [-0.2, 0) is 9.73 Å². The average molecular weight is 414 g/mol. The second-order valence-corrected chi connectivity index (χ2v) is 10.1. The number of rotatable bonds is 3. The molecular formula is C21H20F2N4OS. The molecule has 5 nitrogen and oxygen atoms in total. The van der Waals surface area contributed by atoms with Crippen LogP contribution in [0.25, 0.3) is 32.8 Å². The van der Waals surface area contributed by atoms with Crippen LogP contribution >= 0.6 is 0 Å². The lowest BCUT2D eigenvalue weighted by molar-refractivity contribution is 0.585. The van der Waals surface area contributed by atoms with Crippen LogP contribution in [0, 0.1) is 11.6 Å². The first-order valence-electron chi connectivity index (χ1n) is 9.07. The van der Waals surface area contributed by atoms with E-state index in [1.807, 2.05) is 26.0 Å². The number of pyridine rings is 1. The van der Waals surface area contributed by atoms with Crippen molar-refractivity contribution in [3.63, 3.8) is 0 Å². The van der Waals surface area contributed by atoms with Crippen LogP contribution in [0.1, 0.15) is 25.5 Å². The molecule has 0 aliphatic rings. The summed E-state index contributed by atoms with van der Waals surface area (Å²) in [7, 11) is -2.48. The Labute approximate surface area is 167 Å². The number of fused-ring (bicyclic) bond motifs is 2. The Kier molecular flexibility index (Phi) is 4.61. The third kappa shape index (κ3) is 3.60. The summed E-state index contributed by atoms with van der Waals surface area (Å²) >= 11 is 0. The van der Waals surface area contributed by atoms with Crippen molar-refractivity contribution in [2.24, 2.45) is 4.36 Å². The van der Waals surface area contributed by atoms with Gasteiger partial charge in [-0.15, -0.1) is 0 Å². The zero-order chi connectivity index (χ0) is 20.9. The highest BCUT2D eigenvalue weighted by molar-refractivity contribution is 7.92. The van der Waals surface area contributed by atoms with Crippen LogP contribution in [0.2, 0.25) is 0 Å². The van der Waals surface area contributed by atoms with Gasteiger partial charge in [-0.3, -0.25) is 5.10 Å². The lowest BCUT2D eigenvalue weighted by atomic mass is 9.91. The Bertz CT molecular complexity index is 1380. The summed E-state index contributed by atoms with van der Waals surface area (Å²) in [5.74, 6) is -1.05. The van der Waals surface area contributed by atoms with Crippen molar-refractivity contribution < 1.29 is 13.0 Å². The van der Waals surface area contributed by atoms with E-state index in [0.29, 0.717) is 27.8 Å². The van der Waals surface area contributed by atoms with Gasteiger partial charge in [-0.1, -0.05) is 13.8 Å². The Morgan fingerprint density at radius 2 is 1.86 bits per heavy atom. The first-order chi connectivity index (χ1) is 13.6. The van der Waals surface area contributed by atoms with Crippen molar-refractivity contribution in [2.75, 3.05) is 12.5 Å². The van der Waals surface area contributed by atoms with Crippen LogP contribution in [0.3, 0.4) is 0 Å². The van der Waals surface area contributed by atoms with E-state index in [0.717, 1.165) is 17.0 Å². The molecule has 0 amide bonds. The number of benzene rings is 2. The van der Waals surface area contributed by atoms with E-state index in [1.54, 1.807) is 6.20 Å². The van der Waals surface area contributed by atoms with Crippen LogP contribution in [0.15, 0.2) is 40.9 Å². The summed E-state index contributed by atoms with van der Waals surface area (Å²) in [6, 6.07) is 7.22. The standard InChI is InChI=1S/C21H20F2N4OS/c1-11(2)20-19(14-6-5-13(22)8-17(14)23)15-7-12-10-24-26-18(12)9-16(15)21(25-20)27-29(3,4)28/h5-11H,1-4H3,(H,24,26). The van der Waals surface area contributed by atoms with Crippen molar-refractivity contribution in [1.82, 2.24) is 15.2 Å². The zero-order valence-corrected chi connectivity index (χ0v) is 17.3. The van der Waals surface area contributed by atoms with Gasteiger partial charge in [0.25, 0.3) is 0 Å². The number of H-pyrrole nitrogens is 1. The van der Waals surface area contributed by atoms with Gasteiger partial charge < -0.3 is 0 Å². The van der Waals surface area contributed by atoms with E-state index in [1.165, 1.54) is 24.6 Å². The van der Waals surface area contributed by atoms with Gasteiger partial charge in [0.2, 0.25) is 0 Å². The molecule has 0 radical (unpaired) electrons. The molecule has 2 heterocycles. The van der Waals surface area contributed by atoms with Crippen molar-refractivity contribution in [2.45, 2.75) is 19.8 Å². The number of halogens is 2. The van der Waals surface area contributed by atoms with E-state index in [4.69, 9.17) is 0 Å². The third-order valence-electron chi connectivity index (χ3n) is 4.62. The summed E-state index contributed by atoms with van der Waals surface area (Å²) in [5, 5.41) is 9.13. The fourth-order valence-electron chi connectivity index (χ4n) is 3.42. The first kappa shape index (κ1) is 19.4. The lowest BCUT2D eigenvalue weighted by Gasteiger charge is -2.18. The van der Waals surface area contributed by atoms with Gasteiger partial charge in [-0.2, -0.15) is 9.46 Å². The van der Waals surface area contributed by atoms with E-state index in [2.05, 4.69) is 19.5 Å². The minimum atomic E-state index is -2.48. The largest absolute Gasteiger partial charge is 0.278 e. The summed E-state index contributed by atoms with van der Waals surface area (Å²) in [6.07, 6.45) is 4.75. The molecule has 0 saturated heterocycles. The summed E-state index contributed by atoms with van der Waals surface area (Å²) in [5.41, 5.74) is 2.20. The molecule has 1 N–H and O–H groups in total. The predicted molar refractivity (Wildman–Crippen MR) is 113 cm³/mol. The Balaban J connectivity index is 2.23. The maximum absolute atomic E-state index is 14.8. The number of aromatic amines is 1. The van der Waals surface area contributed by atoms with Crippen molar-refractivity contribution in [1.29, 1.82) is 0 Å². The zero-order valence-electron chi connectivity index (χ0n) is 16.5. The van der Waals surface area contributed by atoms with Gasteiger partial charge in [-0.05, 0) is 35.6 Å². The molecular weight excluding hydrogens is 394 g/mol. The number of hydrogen-bond donors (Lipinski definition) is 1. The lowest BCUT2D eigenvalue weighted by Crippen LogP contribution is -2.02. The monoisotopic (exact) mass is 414 g/mol. The van der Waals surface area contributed by atoms with Gasteiger partial charge in [0, 0.05) is 50.2 Å². The molecule has 0 atom stereocenters. The van der Waals surface area contributed by atoms with E-state index >= 15 is 0 Å². The van der Waals surface area contributed by atoms with Crippen LogP contribution in [0.5, 0.6) is 0 Å². The van der Waals surface area contributed by atoms with Gasteiger partial charge in [-0.25, -0.2) is 18.0 Å². The maximum atomic E-state index is 14.8. The average Bonchev–Trinajstić information content (AvgIpc) is 3.07. The molecule has 0 saturated carbocycles. The highest BCUT2D eigenvalue weighted by Gasteiger charge is 2.21. The molecule has 4 rings (SSSR count). The molecule has 0 aliphatic heterocycles. The smallest absolute Gasteiger partial charge is 0.169 e. The van der Waals surface area contributed by atoms with Crippen molar-refractivity contribution >= 4 is 37.2 Å². The highest BCUT2D eigenvalue weighted by Crippen LogP contribution is 2.41. The molecule has 29 heavy (non-hydrogen) atoms. The van der Waals surface area contributed by atoms with E-state index in [-0.39, 0.29) is 11.5 Å². The second kappa shape index (κ2) is 6.88. The minimum Gasteiger partial charge on any atom is -0.278 e. The summed E-state index contributed by atoms with van der Waals surface area (Å²) in [6.45, 7) is 3.88. The van der Waals surface area contributed by atoms with Crippen molar-refractivity contribution in [3.05, 3.63) is 53.9 Å². The molecule has 0 spiro atoms. The minimum absolute atomic E-state index is 0.0717. The number of nitrogens with zero attached hydrogens (tertiary/aromatic N) is 3. The maximum Gasteiger partial charge on any atom is 0.169 e. The van der Waals surface area contributed by atoms with Gasteiger partial charge in [0.15, 0.2) is 5.82 Å². The van der Waals surface area contributed by atoms with Gasteiger partial charge in [0.05, 0.1) is 17.4 Å². The predicted octanol–water partition coefficient (Wildman–Crippen LogP) is 5.54. The van der Waals surface area contributed by atoms with Crippen LogP contribution in [-0.4, -0.2) is 31.9 Å². The molecule has 8 heteroatoms. The molecule has 4 aromatic rings.